The van der Waals surface area contributed by atoms with Crippen molar-refractivity contribution in [2.45, 2.75) is 40.7 Å². The molecule has 0 saturated heterocycles. The molecule has 0 fully saturated rings. The van der Waals surface area contributed by atoms with Crippen LogP contribution in [0.1, 0.15) is 38.3 Å². The highest BCUT2D eigenvalue weighted by Gasteiger charge is 2.08. The van der Waals surface area contributed by atoms with E-state index >= 15 is 0 Å². The van der Waals surface area contributed by atoms with Gasteiger partial charge < -0.3 is 5.32 Å². The molecule has 0 unspecified atom stereocenters. The summed E-state index contributed by atoms with van der Waals surface area (Å²) in [6.07, 6.45) is 1.21. The van der Waals surface area contributed by atoms with E-state index in [1.165, 1.54) is 22.0 Å². The number of hydrogen-bond donors (Lipinski definition) is 1. The Kier molecular flexibility index (Phi) is 5.00. The van der Waals surface area contributed by atoms with Crippen LogP contribution in [0.2, 0.25) is 0 Å². The minimum absolute atomic E-state index is 0.419. The van der Waals surface area contributed by atoms with Crippen molar-refractivity contribution in [2.24, 2.45) is 5.41 Å². The molecular formula is C14H22BrN. The maximum atomic E-state index is 3.52. The van der Waals surface area contributed by atoms with Crippen LogP contribution < -0.4 is 5.32 Å². The van der Waals surface area contributed by atoms with E-state index < -0.39 is 0 Å². The molecule has 0 spiro atoms. The largest absolute Gasteiger partial charge is 0.313 e. The van der Waals surface area contributed by atoms with Crippen LogP contribution in [0.25, 0.3) is 0 Å². The first-order valence-electron chi connectivity index (χ1n) is 5.84. The van der Waals surface area contributed by atoms with Crippen molar-refractivity contribution < 1.29 is 0 Å². The summed E-state index contributed by atoms with van der Waals surface area (Å²) in [6.45, 7) is 11.0. The highest BCUT2D eigenvalue weighted by Crippen LogP contribution is 2.18. The van der Waals surface area contributed by atoms with Gasteiger partial charge in [0.2, 0.25) is 0 Å². The molecule has 0 aliphatic heterocycles. The van der Waals surface area contributed by atoms with Gasteiger partial charge in [-0.3, -0.25) is 0 Å². The normalized spacial score (nSPS) is 11.8. The van der Waals surface area contributed by atoms with Crippen LogP contribution in [0.5, 0.6) is 0 Å². The molecular weight excluding hydrogens is 262 g/mol. The molecule has 2 heteroatoms. The summed E-state index contributed by atoms with van der Waals surface area (Å²) in [7, 11) is 0. The molecule has 1 aromatic carbocycles. The second-order valence-electron chi connectivity index (χ2n) is 5.57. The molecule has 0 aliphatic carbocycles. The Morgan fingerprint density at radius 1 is 1.25 bits per heavy atom. The SMILES string of the molecule is Cc1cc(CNCCC(C)(C)C)ccc1Br. The first-order valence-corrected chi connectivity index (χ1v) is 6.63. The molecule has 0 heterocycles. The lowest BCUT2D eigenvalue weighted by atomic mass is 9.92. The highest BCUT2D eigenvalue weighted by molar-refractivity contribution is 9.10. The van der Waals surface area contributed by atoms with Crippen LogP contribution in [0.15, 0.2) is 22.7 Å². The zero-order valence-electron chi connectivity index (χ0n) is 10.7. The molecule has 90 valence electrons. The van der Waals surface area contributed by atoms with Crippen molar-refractivity contribution in [3.63, 3.8) is 0 Å². The van der Waals surface area contributed by atoms with Crippen LogP contribution in [-0.2, 0) is 6.54 Å². The number of halogens is 1. The van der Waals surface area contributed by atoms with Gasteiger partial charge in [0.25, 0.3) is 0 Å². The summed E-state index contributed by atoms with van der Waals surface area (Å²) in [4.78, 5) is 0. The summed E-state index contributed by atoms with van der Waals surface area (Å²) in [5.41, 5.74) is 3.08. The fourth-order valence-electron chi connectivity index (χ4n) is 1.51. The Bertz CT molecular complexity index is 339. The molecule has 0 saturated carbocycles. The van der Waals surface area contributed by atoms with Crippen LogP contribution in [-0.4, -0.2) is 6.54 Å². The van der Waals surface area contributed by atoms with Gasteiger partial charge in [-0.25, -0.2) is 0 Å². The second-order valence-corrected chi connectivity index (χ2v) is 6.43. The van der Waals surface area contributed by atoms with Gasteiger partial charge >= 0.3 is 0 Å². The Labute approximate surface area is 108 Å². The quantitative estimate of drug-likeness (QED) is 0.814. The van der Waals surface area contributed by atoms with E-state index in [0.717, 1.165) is 13.1 Å². The first kappa shape index (κ1) is 13.7. The molecule has 1 aromatic rings. The van der Waals surface area contributed by atoms with E-state index in [1.807, 2.05) is 0 Å². The van der Waals surface area contributed by atoms with Crippen LogP contribution in [0.3, 0.4) is 0 Å². The lowest BCUT2D eigenvalue weighted by Crippen LogP contribution is -2.20. The number of benzene rings is 1. The van der Waals surface area contributed by atoms with Gasteiger partial charge in [-0.1, -0.05) is 48.8 Å². The van der Waals surface area contributed by atoms with E-state index in [0.29, 0.717) is 5.41 Å². The van der Waals surface area contributed by atoms with Crippen molar-refractivity contribution in [1.29, 1.82) is 0 Å². The minimum Gasteiger partial charge on any atom is -0.313 e. The van der Waals surface area contributed by atoms with Crippen LogP contribution in [0, 0.1) is 12.3 Å². The first-order chi connectivity index (χ1) is 7.38. The van der Waals surface area contributed by atoms with Crippen LogP contribution >= 0.6 is 15.9 Å². The van der Waals surface area contributed by atoms with Crippen molar-refractivity contribution in [2.75, 3.05) is 6.54 Å². The lowest BCUT2D eigenvalue weighted by molar-refractivity contribution is 0.366. The van der Waals surface area contributed by atoms with Crippen molar-refractivity contribution in [3.05, 3.63) is 33.8 Å². The molecule has 0 atom stereocenters. The summed E-state index contributed by atoms with van der Waals surface area (Å²) in [5, 5.41) is 3.49. The molecule has 0 aliphatic rings. The molecule has 1 N–H and O–H groups in total. The Hall–Kier alpha value is -0.340. The third-order valence-corrected chi connectivity index (χ3v) is 3.49. The predicted molar refractivity (Wildman–Crippen MR) is 74.7 cm³/mol. The Morgan fingerprint density at radius 2 is 1.94 bits per heavy atom. The summed E-state index contributed by atoms with van der Waals surface area (Å²) in [5.74, 6) is 0. The smallest absolute Gasteiger partial charge is 0.0205 e. The third-order valence-electron chi connectivity index (χ3n) is 2.60. The zero-order chi connectivity index (χ0) is 12.2. The van der Waals surface area contributed by atoms with Gasteiger partial charge in [-0.15, -0.1) is 0 Å². The maximum Gasteiger partial charge on any atom is 0.0205 e. The topological polar surface area (TPSA) is 12.0 Å². The highest BCUT2D eigenvalue weighted by atomic mass is 79.9. The van der Waals surface area contributed by atoms with Gasteiger partial charge in [0.1, 0.15) is 0 Å². The monoisotopic (exact) mass is 283 g/mol. The standard InChI is InChI=1S/C14H22BrN/c1-11-9-12(5-6-13(11)15)10-16-8-7-14(2,3)4/h5-6,9,16H,7-8,10H2,1-4H3. The number of aryl methyl sites for hydroxylation is 1. The molecule has 0 bridgehead atoms. The van der Waals surface area contributed by atoms with Gasteiger partial charge in [0, 0.05) is 11.0 Å². The van der Waals surface area contributed by atoms with Gasteiger partial charge in [0.05, 0.1) is 0 Å². The minimum atomic E-state index is 0.419. The zero-order valence-corrected chi connectivity index (χ0v) is 12.3. The van der Waals surface area contributed by atoms with E-state index in [4.69, 9.17) is 0 Å². The van der Waals surface area contributed by atoms with E-state index in [9.17, 15) is 0 Å². The fraction of sp³-hybridized carbons (Fsp3) is 0.571. The lowest BCUT2D eigenvalue weighted by Gasteiger charge is -2.18. The number of nitrogens with one attached hydrogen (secondary N) is 1. The van der Waals surface area contributed by atoms with Crippen molar-refractivity contribution >= 4 is 15.9 Å². The van der Waals surface area contributed by atoms with Crippen molar-refractivity contribution in [3.8, 4) is 0 Å². The number of rotatable bonds is 4. The van der Waals surface area contributed by atoms with Gasteiger partial charge in [0.15, 0.2) is 0 Å². The molecule has 1 nitrogen and oxygen atoms in total. The van der Waals surface area contributed by atoms with E-state index in [2.05, 4.69) is 67.1 Å². The average Bonchev–Trinajstić information content (AvgIpc) is 2.17. The summed E-state index contributed by atoms with van der Waals surface area (Å²) < 4.78 is 1.19. The molecule has 16 heavy (non-hydrogen) atoms. The Morgan fingerprint density at radius 3 is 2.50 bits per heavy atom. The van der Waals surface area contributed by atoms with Gasteiger partial charge in [-0.2, -0.15) is 0 Å². The summed E-state index contributed by atoms with van der Waals surface area (Å²) in [6, 6.07) is 6.52. The van der Waals surface area contributed by atoms with E-state index in [1.54, 1.807) is 0 Å². The molecule has 0 amide bonds. The molecule has 0 aromatic heterocycles. The average molecular weight is 284 g/mol. The predicted octanol–water partition coefficient (Wildman–Crippen LogP) is 4.28. The molecule has 1 rings (SSSR count). The number of hydrogen-bond acceptors (Lipinski definition) is 1. The third kappa shape index (κ3) is 5.13. The van der Waals surface area contributed by atoms with Crippen LogP contribution in [0.4, 0.5) is 0 Å². The molecule has 0 radical (unpaired) electrons. The Balaban J connectivity index is 2.35. The fourth-order valence-corrected chi connectivity index (χ4v) is 1.76. The van der Waals surface area contributed by atoms with Gasteiger partial charge in [-0.05, 0) is 42.5 Å². The summed E-state index contributed by atoms with van der Waals surface area (Å²) >= 11 is 3.52. The van der Waals surface area contributed by atoms with Crippen molar-refractivity contribution in [1.82, 2.24) is 5.32 Å². The second kappa shape index (κ2) is 5.83. The maximum absolute atomic E-state index is 3.52. The van der Waals surface area contributed by atoms with E-state index in [-0.39, 0.29) is 0 Å².